The molecule has 0 saturated heterocycles. The van der Waals surface area contributed by atoms with Crippen molar-refractivity contribution in [3.05, 3.63) is 71.0 Å². The minimum atomic E-state index is -0.276. The lowest BCUT2D eigenvalue weighted by Gasteiger charge is -2.25. The topological polar surface area (TPSA) is 32.3 Å². The molecule has 0 radical (unpaired) electrons. The summed E-state index contributed by atoms with van der Waals surface area (Å²) in [7, 11) is 1.73. The fourth-order valence-corrected chi connectivity index (χ4v) is 2.15. The van der Waals surface area contributed by atoms with Crippen LogP contribution in [0.25, 0.3) is 0 Å². The van der Waals surface area contributed by atoms with Gasteiger partial charge in [0, 0.05) is 13.6 Å². The van der Waals surface area contributed by atoms with Crippen LogP contribution in [0.15, 0.2) is 48.5 Å². The first-order valence-electron chi connectivity index (χ1n) is 7.29. The summed E-state index contributed by atoms with van der Waals surface area (Å²) in [5, 5.41) is 2.89. The number of carbonyl (C=O) groups is 1. The van der Waals surface area contributed by atoms with Crippen LogP contribution < -0.4 is 5.32 Å². The number of hydrogen-bond donors (Lipinski definition) is 1. The molecule has 0 bridgehead atoms. The van der Waals surface area contributed by atoms with E-state index in [9.17, 15) is 9.18 Å². The number of urea groups is 1. The predicted molar refractivity (Wildman–Crippen MR) is 86.0 cm³/mol. The standard InChI is InChI=1S/C18H21FN2O/c1-13-4-6-15(7-5-13)12-20-18(22)21(3)14(2)16-8-10-17(19)11-9-16/h4-11,14H,12H2,1-3H3,(H,20,22)/t14-/m0/s1. The SMILES string of the molecule is Cc1ccc(CNC(=O)N(C)[C@@H](C)c2ccc(F)cc2)cc1. The van der Waals surface area contributed by atoms with E-state index in [0.717, 1.165) is 11.1 Å². The second-order valence-corrected chi connectivity index (χ2v) is 5.48. The zero-order valence-corrected chi connectivity index (χ0v) is 13.1. The molecule has 0 aliphatic heterocycles. The largest absolute Gasteiger partial charge is 0.334 e. The molecule has 116 valence electrons. The highest BCUT2D eigenvalue weighted by molar-refractivity contribution is 5.74. The van der Waals surface area contributed by atoms with Crippen molar-refractivity contribution in [3.8, 4) is 0 Å². The van der Waals surface area contributed by atoms with E-state index in [2.05, 4.69) is 5.32 Å². The molecule has 0 heterocycles. The van der Waals surface area contributed by atoms with Gasteiger partial charge in [-0.05, 0) is 37.1 Å². The lowest BCUT2D eigenvalue weighted by molar-refractivity contribution is 0.194. The minimum absolute atomic E-state index is 0.126. The summed E-state index contributed by atoms with van der Waals surface area (Å²) in [5.74, 6) is -0.276. The second-order valence-electron chi connectivity index (χ2n) is 5.48. The summed E-state index contributed by atoms with van der Waals surface area (Å²) in [6, 6.07) is 14.0. The molecule has 2 aromatic rings. The molecule has 2 amide bonds. The van der Waals surface area contributed by atoms with Crippen LogP contribution in [0.5, 0.6) is 0 Å². The molecule has 2 aromatic carbocycles. The molecule has 0 aliphatic rings. The first kappa shape index (κ1) is 16.0. The van der Waals surface area contributed by atoms with E-state index in [1.807, 2.05) is 38.1 Å². The molecule has 0 aromatic heterocycles. The van der Waals surface area contributed by atoms with E-state index in [-0.39, 0.29) is 17.9 Å². The van der Waals surface area contributed by atoms with Gasteiger partial charge in [-0.3, -0.25) is 0 Å². The quantitative estimate of drug-likeness (QED) is 0.908. The maximum Gasteiger partial charge on any atom is 0.317 e. The van der Waals surface area contributed by atoms with Crippen molar-refractivity contribution in [3.63, 3.8) is 0 Å². The first-order valence-corrected chi connectivity index (χ1v) is 7.29. The number of aryl methyl sites for hydroxylation is 1. The van der Waals surface area contributed by atoms with Crippen molar-refractivity contribution in [1.29, 1.82) is 0 Å². The zero-order valence-electron chi connectivity index (χ0n) is 13.1. The van der Waals surface area contributed by atoms with Gasteiger partial charge < -0.3 is 10.2 Å². The Hall–Kier alpha value is -2.36. The van der Waals surface area contributed by atoms with Crippen LogP contribution in [0.4, 0.5) is 9.18 Å². The normalized spacial score (nSPS) is 11.8. The van der Waals surface area contributed by atoms with E-state index in [1.165, 1.54) is 17.7 Å². The lowest BCUT2D eigenvalue weighted by Crippen LogP contribution is -2.38. The first-order chi connectivity index (χ1) is 10.5. The van der Waals surface area contributed by atoms with Gasteiger partial charge in [0.1, 0.15) is 5.82 Å². The van der Waals surface area contributed by atoms with Crippen LogP contribution in [0, 0.1) is 12.7 Å². The third kappa shape index (κ3) is 4.07. The van der Waals surface area contributed by atoms with Gasteiger partial charge >= 0.3 is 6.03 Å². The summed E-state index contributed by atoms with van der Waals surface area (Å²) in [6.07, 6.45) is 0. The Morgan fingerprint density at radius 2 is 1.73 bits per heavy atom. The average Bonchev–Trinajstić information content (AvgIpc) is 2.53. The van der Waals surface area contributed by atoms with Crippen molar-refractivity contribution in [1.82, 2.24) is 10.2 Å². The highest BCUT2D eigenvalue weighted by atomic mass is 19.1. The monoisotopic (exact) mass is 300 g/mol. The van der Waals surface area contributed by atoms with E-state index in [0.29, 0.717) is 6.54 Å². The fourth-order valence-electron chi connectivity index (χ4n) is 2.15. The third-order valence-corrected chi connectivity index (χ3v) is 3.82. The van der Waals surface area contributed by atoms with Gasteiger partial charge in [0.25, 0.3) is 0 Å². The Kier molecular flexibility index (Phi) is 5.15. The van der Waals surface area contributed by atoms with Crippen LogP contribution in [-0.4, -0.2) is 18.0 Å². The Morgan fingerprint density at radius 3 is 2.32 bits per heavy atom. The van der Waals surface area contributed by atoms with E-state index >= 15 is 0 Å². The van der Waals surface area contributed by atoms with Crippen LogP contribution >= 0.6 is 0 Å². The van der Waals surface area contributed by atoms with Crippen LogP contribution in [-0.2, 0) is 6.54 Å². The molecule has 0 aliphatic carbocycles. The Balaban J connectivity index is 1.93. The number of amides is 2. The molecule has 1 atom stereocenters. The zero-order chi connectivity index (χ0) is 16.1. The maximum atomic E-state index is 13.0. The van der Waals surface area contributed by atoms with E-state index in [1.54, 1.807) is 24.1 Å². The molecule has 0 unspecified atom stereocenters. The number of nitrogens with one attached hydrogen (secondary N) is 1. The highest BCUT2D eigenvalue weighted by Crippen LogP contribution is 2.19. The van der Waals surface area contributed by atoms with Crippen LogP contribution in [0.1, 0.15) is 29.7 Å². The van der Waals surface area contributed by atoms with Gasteiger partial charge in [0.05, 0.1) is 6.04 Å². The molecular weight excluding hydrogens is 279 g/mol. The fraction of sp³-hybridized carbons (Fsp3) is 0.278. The summed E-state index contributed by atoms with van der Waals surface area (Å²) in [6.45, 7) is 4.43. The summed E-state index contributed by atoms with van der Waals surface area (Å²) >= 11 is 0. The summed E-state index contributed by atoms with van der Waals surface area (Å²) < 4.78 is 13.0. The van der Waals surface area contributed by atoms with E-state index in [4.69, 9.17) is 0 Å². The van der Waals surface area contributed by atoms with Gasteiger partial charge in [0.15, 0.2) is 0 Å². The summed E-state index contributed by atoms with van der Waals surface area (Å²) in [5.41, 5.74) is 3.15. The van der Waals surface area contributed by atoms with Crippen molar-refractivity contribution >= 4 is 6.03 Å². The molecule has 22 heavy (non-hydrogen) atoms. The number of hydrogen-bond acceptors (Lipinski definition) is 1. The smallest absolute Gasteiger partial charge is 0.317 e. The van der Waals surface area contributed by atoms with Gasteiger partial charge in [-0.2, -0.15) is 0 Å². The van der Waals surface area contributed by atoms with Crippen molar-refractivity contribution < 1.29 is 9.18 Å². The Labute approximate surface area is 130 Å². The van der Waals surface area contributed by atoms with Crippen molar-refractivity contribution in [2.45, 2.75) is 26.4 Å². The third-order valence-electron chi connectivity index (χ3n) is 3.82. The Morgan fingerprint density at radius 1 is 1.14 bits per heavy atom. The second kappa shape index (κ2) is 7.07. The molecule has 0 saturated carbocycles. The van der Waals surface area contributed by atoms with Gasteiger partial charge in [-0.15, -0.1) is 0 Å². The van der Waals surface area contributed by atoms with Crippen LogP contribution in [0.2, 0.25) is 0 Å². The molecule has 0 spiro atoms. The van der Waals surface area contributed by atoms with E-state index < -0.39 is 0 Å². The number of halogens is 1. The maximum absolute atomic E-state index is 13.0. The van der Waals surface area contributed by atoms with Gasteiger partial charge in [-0.25, -0.2) is 9.18 Å². The number of benzene rings is 2. The van der Waals surface area contributed by atoms with Gasteiger partial charge in [0.2, 0.25) is 0 Å². The average molecular weight is 300 g/mol. The number of nitrogens with zero attached hydrogens (tertiary/aromatic N) is 1. The minimum Gasteiger partial charge on any atom is -0.334 e. The molecule has 0 fully saturated rings. The van der Waals surface area contributed by atoms with Crippen molar-refractivity contribution in [2.24, 2.45) is 0 Å². The molecule has 1 N–H and O–H groups in total. The molecule has 3 nitrogen and oxygen atoms in total. The predicted octanol–water partition coefficient (Wildman–Crippen LogP) is 4.04. The molecule has 2 rings (SSSR count). The number of rotatable bonds is 4. The molecular formula is C18H21FN2O. The summed E-state index contributed by atoms with van der Waals surface area (Å²) in [4.78, 5) is 13.8. The van der Waals surface area contributed by atoms with Gasteiger partial charge in [-0.1, -0.05) is 42.0 Å². The van der Waals surface area contributed by atoms with Crippen molar-refractivity contribution in [2.75, 3.05) is 7.05 Å². The number of carbonyl (C=O) groups excluding carboxylic acids is 1. The van der Waals surface area contributed by atoms with Crippen LogP contribution in [0.3, 0.4) is 0 Å². The Bertz CT molecular complexity index is 623. The molecule has 4 heteroatoms. The highest BCUT2D eigenvalue weighted by Gasteiger charge is 2.17. The lowest BCUT2D eigenvalue weighted by atomic mass is 10.1.